The van der Waals surface area contributed by atoms with Gasteiger partial charge in [-0.2, -0.15) is 0 Å². The molecule has 0 radical (unpaired) electrons. The second kappa shape index (κ2) is 6.68. The first-order valence-electron chi connectivity index (χ1n) is 8.63. The number of nitrogens with zero attached hydrogens (tertiary/aromatic N) is 4. The number of benzene rings is 1. The molecule has 27 heavy (non-hydrogen) atoms. The third kappa shape index (κ3) is 2.85. The van der Waals surface area contributed by atoms with E-state index in [1.165, 1.54) is 11.1 Å². The van der Waals surface area contributed by atoms with Crippen molar-refractivity contribution < 1.29 is 4.74 Å². The minimum absolute atomic E-state index is 0.430. The maximum Gasteiger partial charge on any atom is 0.168 e. The van der Waals surface area contributed by atoms with Gasteiger partial charge in [-0.1, -0.05) is 17.8 Å². The van der Waals surface area contributed by atoms with E-state index in [4.69, 9.17) is 4.74 Å². The van der Waals surface area contributed by atoms with Crippen molar-refractivity contribution in [3.8, 4) is 0 Å². The lowest BCUT2D eigenvalue weighted by Crippen LogP contribution is -2.24. The van der Waals surface area contributed by atoms with E-state index in [2.05, 4.69) is 49.1 Å². The van der Waals surface area contributed by atoms with E-state index in [1.54, 1.807) is 37.5 Å². The number of aromatic nitrogens is 4. The number of hydrogen-bond donors (Lipinski definition) is 1. The molecule has 3 aromatic heterocycles. The van der Waals surface area contributed by atoms with Crippen molar-refractivity contribution in [1.29, 1.82) is 0 Å². The minimum atomic E-state index is 0.430. The number of fused-ring (bicyclic) bond motifs is 3. The van der Waals surface area contributed by atoms with Crippen molar-refractivity contribution in [2.24, 2.45) is 0 Å². The Labute approximate surface area is 160 Å². The molecule has 0 fully saturated rings. The lowest BCUT2D eigenvalue weighted by molar-refractivity contribution is 0.204. The Balaban J connectivity index is 1.54. The Bertz CT molecular complexity index is 1130. The Hall–Kier alpha value is -2.90. The summed E-state index contributed by atoms with van der Waals surface area (Å²) in [7, 11) is 1.69. The van der Waals surface area contributed by atoms with E-state index in [9.17, 15) is 0 Å². The van der Waals surface area contributed by atoms with Crippen LogP contribution in [0.2, 0.25) is 0 Å². The first-order chi connectivity index (χ1) is 13.3. The molecular weight excluding hydrogens is 358 g/mol. The largest absolute Gasteiger partial charge is 0.364 e. The van der Waals surface area contributed by atoms with Crippen molar-refractivity contribution in [2.45, 2.75) is 16.3 Å². The summed E-state index contributed by atoms with van der Waals surface area (Å²) in [6, 6.07) is 10.6. The fourth-order valence-electron chi connectivity index (χ4n) is 3.40. The van der Waals surface area contributed by atoms with Crippen molar-refractivity contribution >= 4 is 34.3 Å². The second-order valence-corrected chi connectivity index (χ2v) is 7.36. The molecule has 1 aromatic carbocycles. The van der Waals surface area contributed by atoms with Crippen molar-refractivity contribution in [3.63, 3.8) is 0 Å². The number of nitrogens with one attached hydrogen (secondary N) is 1. The van der Waals surface area contributed by atoms with Crippen LogP contribution in [0.1, 0.15) is 11.1 Å². The Morgan fingerprint density at radius 2 is 2.04 bits per heavy atom. The van der Waals surface area contributed by atoms with Crippen LogP contribution in [0.4, 0.5) is 11.5 Å². The number of anilines is 2. The van der Waals surface area contributed by atoms with E-state index < -0.39 is 0 Å². The highest BCUT2D eigenvalue weighted by atomic mass is 32.2. The number of ether oxygens (including phenoxy) is 1. The zero-order valence-corrected chi connectivity index (χ0v) is 15.5. The average Bonchev–Trinajstić information content (AvgIpc) is 3.11. The standard InChI is InChI=1S/C20H17N5OS/c1-26-12-25-16-10-13(9-14-11-24-18-15(14)3-2-6-21-18)4-5-17(16)27-20-19(25)22-7-8-23-20/h2-8,10-11H,9,12H2,1H3,(H,21,24). The lowest BCUT2D eigenvalue weighted by Gasteiger charge is -2.30. The predicted molar refractivity (Wildman–Crippen MR) is 106 cm³/mol. The summed E-state index contributed by atoms with van der Waals surface area (Å²) in [4.78, 5) is 19.8. The van der Waals surface area contributed by atoms with E-state index >= 15 is 0 Å². The molecule has 0 spiro atoms. The van der Waals surface area contributed by atoms with Gasteiger partial charge in [0.25, 0.3) is 0 Å². The van der Waals surface area contributed by atoms with Crippen LogP contribution in [0.25, 0.3) is 11.0 Å². The van der Waals surface area contributed by atoms with Gasteiger partial charge in [-0.15, -0.1) is 0 Å². The van der Waals surface area contributed by atoms with E-state index in [-0.39, 0.29) is 0 Å². The molecule has 1 N–H and O–H groups in total. The monoisotopic (exact) mass is 375 g/mol. The molecule has 0 bridgehead atoms. The molecule has 1 aliphatic heterocycles. The van der Waals surface area contributed by atoms with Gasteiger partial charge in [0.15, 0.2) is 5.82 Å². The molecule has 7 heteroatoms. The van der Waals surface area contributed by atoms with Gasteiger partial charge in [0, 0.05) is 42.2 Å². The maximum atomic E-state index is 5.43. The molecule has 134 valence electrons. The van der Waals surface area contributed by atoms with Crippen LogP contribution in [-0.4, -0.2) is 33.8 Å². The summed E-state index contributed by atoms with van der Waals surface area (Å²) in [5.41, 5.74) is 4.49. The van der Waals surface area contributed by atoms with E-state index in [0.29, 0.717) is 6.73 Å². The number of methoxy groups -OCH3 is 1. The molecule has 0 saturated carbocycles. The molecule has 0 unspecified atom stereocenters. The van der Waals surface area contributed by atoms with Gasteiger partial charge in [0.05, 0.1) is 5.69 Å². The fourth-order valence-corrected chi connectivity index (χ4v) is 4.39. The lowest BCUT2D eigenvalue weighted by atomic mass is 10.0. The number of H-pyrrole nitrogens is 1. The predicted octanol–water partition coefficient (Wildman–Crippen LogP) is 4.15. The van der Waals surface area contributed by atoms with Gasteiger partial charge >= 0.3 is 0 Å². The van der Waals surface area contributed by atoms with E-state index in [0.717, 1.165) is 38.9 Å². The van der Waals surface area contributed by atoms with Gasteiger partial charge in [-0.05, 0) is 41.8 Å². The quantitative estimate of drug-likeness (QED) is 0.578. The van der Waals surface area contributed by atoms with Crippen LogP contribution >= 0.6 is 11.8 Å². The summed E-state index contributed by atoms with van der Waals surface area (Å²) >= 11 is 1.64. The number of rotatable bonds is 4. The summed E-state index contributed by atoms with van der Waals surface area (Å²) in [6.07, 6.45) is 8.12. The van der Waals surface area contributed by atoms with Crippen LogP contribution in [0.3, 0.4) is 0 Å². The van der Waals surface area contributed by atoms with Crippen LogP contribution in [0.5, 0.6) is 0 Å². The molecule has 0 atom stereocenters. The van der Waals surface area contributed by atoms with E-state index in [1.807, 2.05) is 12.3 Å². The minimum Gasteiger partial charge on any atom is -0.364 e. The molecule has 6 nitrogen and oxygen atoms in total. The fraction of sp³-hybridized carbons (Fsp3) is 0.150. The summed E-state index contributed by atoms with van der Waals surface area (Å²) < 4.78 is 5.43. The Kier molecular flexibility index (Phi) is 4.03. The average molecular weight is 375 g/mol. The number of aromatic amines is 1. The van der Waals surface area contributed by atoms with Crippen LogP contribution < -0.4 is 4.90 Å². The Morgan fingerprint density at radius 3 is 2.96 bits per heavy atom. The summed E-state index contributed by atoms with van der Waals surface area (Å²) in [5.74, 6) is 0.838. The highest BCUT2D eigenvalue weighted by Gasteiger charge is 2.25. The third-order valence-electron chi connectivity index (χ3n) is 4.61. The van der Waals surface area contributed by atoms with Crippen LogP contribution in [0, 0.1) is 0 Å². The topological polar surface area (TPSA) is 66.9 Å². The van der Waals surface area contributed by atoms with Crippen LogP contribution in [-0.2, 0) is 11.2 Å². The third-order valence-corrected chi connectivity index (χ3v) is 5.66. The molecule has 4 heterocycles. The van der Waals surface area contributed by atoms with Crippen molar-refractivity contribution in [3.05, 3.63) is 66.2 Å². The first kappa shape index (κ1) is 16.3. The van der Waals surface area contributed by atoms with Gasteiger partial charge in [-0.3, -0.25) is 4.90 Å². The zero-order chi connectivity index (χ0) is 18.2. The number of pyridine rings is 1. The molecular formula is C20H17N5OS. The molecule has 0 amide bonds. The molecule has 4 aromatic rings. The number of hydrogen-bond acceptors (Lipinski definition) is 6. The summed E-state index contributed by atoms with van der Waals surface area (Å²) in [6.45, 7) is 0.430. The van der Waals surface area contributed by atoms with Gasteiger partial charge in [-0.25, -0.2) is 15.0 Å². The molecule has 0 saturated heterocycles. The highest BCUT2D eigenvalue weighted by Crippen LogP contribution is 2.46. The Morgan fingerprint density at radius 1 is 1.11 bits per heavy atom. The molecule has 5 rings (SSSR count). The van der Waals surface area contributed by atoms with Gasteiger partial charge in [0.2, 0.25) is 0 Å². The maximum absolute atomic E-state index is 5.43. The zero-order valence-electron chi connectivity index (χ0n) is 14.7. The molecule has 0 aliphatic carbocycles. The smallest absolute Gasteiger partial charge is 0.168 e. The highest BCUT2D eigenvalue weighted by molar-refractivity contribution is 7.99. The first-order valence-corrected chi connectivity index (χ1v) is 9.44. The van der Waals surface area contributed by atoms with Crippen molar-refractivity contribution in [2.75, 3.05) is 18.7 Å². The van der Waals surface area contributed by atoms with Gasteiger partial charge < -0.3 is 9.72 Å². The van der Waals surface area contributed by atoms with Crippen LogP contribution in [0.15, 0.2) is 65.0 Å². The van der Waals surface area contributed by atoms with Gasteiger partial charge in [0.1, 0.15) is 17.4 Å². The molecule has 1 aliphatic rings. The second-order valence-electron chi connectivity index (χ2n) is 6.33. The normalized spacial score (nSPS) is 12.9. The summed E-state index contributed by atoms with van der Waals surface area (Å²) in [5, 5.41) is 2.06. The SMILES string of the molecule is COCN1c2cc(Cc3c[nH]c4ncccc34)ccc2Sc2nccnc21. The van der Waals surface area contributed by atoms with Crippen molar-refractivity contribution in [1.82, 2.24) is 19.9 Å².